The molecule has 0 spiro atoms. The number of hydrogen-bond acceptors (Lipinski definition) is 4. The summed E-state index contributed by atoms with van der Waals surface area (Å²) in [7, 11) is -4.26. The first-order valence-corrected chi connectivity index (χ1v) is 7.22. The van der Waals surface area contributed by atoms with Crippen LogP contribution in [0.15, 0.2) is 29.2 Å². The SMILES string of the molecule is C[C@H](N)C(=O)Nc1ccc(S(=O)(=O)NCC(F)(F)F)cc1.Cl. The van der Waals surface area contributed by atoms with Gasteiger partial charge in [0.1, 0.15) is 6.54 Å². The molecule has 0 radical (unpaired) electrons. The summed E-state index contributed by atoms with van der Waals surface area (Å²) in [6.07, 6.45) is -4.64. The molecular formula is C11H15ClF3N3O3S. The molecule has 0 aromatic heterocycles. The molecular weight excluding hydrogens is 347 g/mol. The first kappa shape index (κ1) is 20.6. The number of halogens is 4. The minimum absolute atomic E-state index is 0. The van der Waals surface area contributed by atoms with Gasteiger partial charge in [0.25, 0.3) is 0 Å². The van der Waals surface area contributed by atoms with E-state index in [0.717, 1.165) is 12.1 Å². The van der Waals surface area contributed by atoms with Crippen LogP contribution < -0.4 is 15.8 Å². The van der Waals surface area contributed by atoms with Gasteiger partial charge in [-0.25, -0.2) is 13.1 Å². The van der Waals surface area contributed by atoms with Crippen molar-refractivity contribution >= 4 is 34.0 Å². The maximum Gasteiger partial charge on any atom is 0.402 e. The lowest BCUT2D eigenvalue weighted by molar-refractivity contribution is -0.121. The summed E-state index contributed by atoms with van der Waals surface area (Å²) in [6, 6.07) is 3.91. The van der Waals surface area contributed by atoms with Gasteiger partial charge >= 0.3 is 6.18 Å². The van der Waals surface area contributed by atoms with Gasteiger partial charge in [-0.1, -0.05) is 0 Å². The highest BCUT2D eigenvalue weighted by Crippen LogP contribution is 2.17. The van der Waals surface area contributed by atoms with Gasteiger partial charge in [-0.2, -0.15) is 13.2 Å². The van der Waals surface area contributed by atoms with E-state index in [9.17, 15) is 26.4 Å². The number of alkyl halides is 3. The molecule has 1 atom stereocenters. The third kappa shape index (κ3) is 6.60. The lowest BCUT2D eigenvalue weighted by atomic mass is 10.3. The lowest BCUT2D eigenvalue weighted by Crippen LogP contribution is -2.34. The summed E-state index contributed by atoms with van der Waals surface area (Å²) in [6.45, 7) is -0.187. The quantitative estimate of drug-likeness (QED) is 0.734. The number of nitrogens with one attached hydrogen (secondary N) is 2. The molecule has 0 fully saturated rings. The predicted molar refractivity (Wildman–Crippen MR) is 77.2 cm³/mol. The van der Waals surface area contributed by atoms with Gasteiger partial charge in [-0.05, 0) is 31.2 Å². The van der Waals surface area contributed by atoms with Crippen LogP contribution in [-0.2, 0) is 14.8 Å². The zero-order valence-electron chi connectivity index (χ0n) is 11.3. The highest BCUT2D eigenvalue weighted by Gasteiger charge is 2.30. The molecule has 0 bridgehead atoms. The number of rotatable bonds is 5. The number of hydrogen-bond donors (Lipinski definition) is 3. The van der Waals surface area contributed by atoms with E-state index in [0.29, 0.717) is 0 Å². The van der Waals surface area contributed by atoms with E-state index >= 15 is 0 Å². The number of sulfonamides is 1. The van der Waals surface area contributed by atoms with Gasteiger partial charge in [-0.15, -0.1) is 12.4 Å². The maximum absolute atomic E-state index is 12.0. The molecule has 1 aromatic rings. The molecule has 0 unspecified atom stereocenters. The molecule has 6 nitrogen and oxygen atoms in total. The molecule has 0 aliphatic carbocycles. The number of benzene rings is 1. The maximum atomic E-state index is 12.0. The third-order valence-corrected chi connectivity index (χ3v) is 3.73. The van der Waals surface area contributed by atoms with Crippen LogP contribution in [0.25, 0.3) is 0 Å². The highest BCUT2D eigenvalue weighted by molar-refractivity contribution is 7.89. The molecule has 1 aromatic carbocycles. The van der Waals surface area contributed by atoms with Gasteiger partial charge in [0, 0.05) is 5.69 Å². The minimum atomic E-state index is -4.64. The number of carbonyl (C=O) groups is 1. The Morgan fingerprint density at radius 3 is 2.18 bits per heavy atom. The van der Waals surface area contributed by atoms with Crippen LogP contribution in [-0.4, -0.2) is 33.1 Å². The summed E-state index contributed by atoms with van der Waals surface area (Å²) in [5, 5.41) is 2.42. The van der Waals surface area contributed by atoms with Crippen molar-refractivity contribution in [1.82, 2.24) is 4.72 Å². The second-order valence-corrected chi connectivity index (χ2v) is 6.01. The fourth-order valence-electron chi connectivity index (χ4n) is 1.23. The summed E-state index contributed by atoms with van der Waals surface area (Å²) in [5.74, 6) is -0.471. The minimum Gasteiger partial charge on any atom is -0.325 e. The first-order chi connectivity index (χ1) is 9.51. The summed E-state index contributed by atoms with van der Waals surface area (Å²) < 4.78 is 60.6. The molecule has 0 aliphatic heterocycles. The second kappa shape index (κ2) is 7.77. The van der Waals surface area contributed by atoms with Crippen LogP contribution in [0.5, 0.6) is 0 Å². The molecule has 126 valence electrons. The van der Waals surface area contributed by atoms with Crippen LogP contribution in [0.4, 0.5) is 18.9 Å². The molecule has 1 rings (SSSR count). The van der Waals surface area contributed by atoms with Crippen molar-refractivity contribution in [1.29, 1.82) is 0 Å². The van der Waals surface area contributed by atoms with E-state index in [2.05, 4.69) is 5.32 Å². The Balaban J connectivity index is 0.00000441. The predicted octanol–water partition coefficient (Wildman–Crippen LogP) is 1.23. The van der Waals surface area contributed by atoms with Crippen LogP contribution >= 0.6 is 12.4 Å². The van der Waals surface area contributed by atoms with Crippen LogP contribution in [0, 0.1) is 0 Å². The van der Waals surface area contributed by atoms with Crippen LogP contribution in [0.1, 0.15) is 6.92 Å². The van der Waals surface area contributed by atoms with Gasteiger partial charge < -0.3 is 11.1 Å². The number of anilines is 1. The number of carbonyl (C=O) groups excluding carboxylic acids is 1. The molecule has 0 heterocycles. The van der Waals surface area contributed by atoms with Crippen molar-refractivity contribution in [2.75, 3.05) is 11.9 Å². The van der Waals surface area contributed by atoms with Crippen molar-refractivity contribution in [3.05, 3.63) is 24.3 Å². The zero-order valence-corrected chi connectivity index (χ0v) is 13.0. The standard InChI is InChI=1S/C11H14F3N3O3S.ClH/c1-7(15)10(18)17-8-2-4-9(5-3-8)21(19,20)16-6-11(12,13)14;/h2-5,7,16H,6,15H2,1H3,(H,17,18);1H/t7-;/m0./s1. The van der Waals surface area contributed by atoms with E-state index in [1.54, 1.807) is 0 Å². The summed E-state index contributed by atoms with van der Waals surface area (Å²) in [5.41, 5.74) is 5.62. The Kier molecular flexibility index (Phi) is 7.29. The Hall–Kier alpha value is -1.36. The Morgan fingerprint density at radius 1 is 1.27 bits per heavy atom. The Bertz CT molecular complexity index is 603. The van der Waals surface area contributed by atoms with E-state index in [1.165, 1.54) is 23.8 Å². The summed E-state index contributed by atoms with van der Waals surface area (Å²) >= 11 is 0. The van der Waals surface area contributed by atoms with Gasteiger partial charge in [0.2, 0.25) is 15.9 Å². The average molecular weight is 362 g/mol. The van der Waals surface area contributed by atoms with Gasteiger partial charge in [0.05, 0.1) is 10.9 Å². The van der Waals surface area contributed by atoms with Crippen molar-refractivity contribution < 1.29 is 26.4 Å². The first-order valence-electron chi connectivity index (χ1n) is 5.74. The molecule has 11 heteroatoms. The van der Waals surface area contributed by atoms with Crippen molar-refractivity contribution in [2.45, 2.75) is 24.0 Å². The third-order valence-electron chi connectivity index (χ3n) is 2.31. The molecule has 0 saturated carbocycles. The Morgan fingerprint density at radius 2 is 1.77 bits per heavy atom. The van der Waals surface area contributed by atoms with E-state index in [1.807, 2.05) is 0 Å². The van der Waals surface area contributed by atoms with Crippen LogP contribution in [0.2, 0.25) is 0 Å². The van der Waals surface area contributed by atoms with Crippen molar-refractivity contribution in [3.8, 4) is 0 Å². The van der Waals surface area contributed by atoms with E-state index in [4.69, 9.17) is 5.73 Å². The lowest BCUT2D eigenvalue weighted by Gasteiger charge is -2.11. The summed E-state index contributed by atoms with van der Waals surface area (Å²) in [4.78, 5) is 11.0. The molecule has 1 amide bonds. The molecule has 22 heavy (non-hydrogen) atoms. The molecule has 4 N–H and O–H groups in total. The van der Waals surface area contributed by atoms with Gasteiger partial charge in [-0.3, -0.25) is 4.79 Å². The Labute approximate surface area is 131 Å². The molecule has 0 saturated heterocycles. The zero-order chi connectivity index (χ0) is 16.3. The number of nitrogens with two attached hydrogens (primary N) is 1. The van der Waals surface area contributed by atoms with E-state index in [-0.39, 0.29) is 23.0 Å². The number of amides is 1. The fourth-order valence-corrected chi connectivity index (χ4v) is 2.25. The van der Waals surface area contributed by atoms with Crippen molar-refractivity contribution in [2.24, 2.45) is 5.73 Å². The average Bonchev–Trinajstić information content (AvgIpc) is 2.36. The topological polar surface area (TPSA) is 101 Å². The highest BCUT2D eigenvalue weighted by atomic mass is 35.5. The smallest absolute Gasteiger partial charge is 0.325 e. The monoisotopic (exact) mass is 361 g/mol. The normalized spacial score (nSPS) is 13.1. The van der Waals surface area contributed by atoms with Crippen molar-refractivity contribution in [3.63, 3.8) is 0 Å². The van der Waals surface area contributed by atoms with Crippen LogP contribution in [0.3, 0.4) is 0 Å². The second-order valence-electron chi connectivity index (χ2n) is 4.24. The largest absolute Gasteiger partial charge is 0.402 e. The van der Waals surface area contributed by atoms with E-state index < -0.39 is 34.7 Å². The van der Waals surface area contributed by atoms with Gasteiger partial charge in [0.15, 0.2) is 0 Å². The fraction of sp³-hybridized carbons (Fsp3) is 0.364. The molecule has 0 aliphatic rings.